The Kier molecular flexibility index (Phi) is 3.95. The van der Waals surface area contributed by atoms with Gasteiger partial charge in [-0.15, -0.1) is 0 Å². The molecule has 0 aliphatic carbocycles. The molecule has 130 valence electrons. The number of rotatable bonds is 3. The minimum Gasteiger partial charge on any atom is -0.228 e. The largest absolute Gasteiger partial charge is 0.264 e. The van der Waals surface area contributed by atoms with Crippen LogP contribution in [-0.2, 0) is 0 Å². The highest BCUT2D eigenvalue weighted by Crippen LogP contribution is 2.34. The van der Waals surface area contributed by atoms with Gasteiger partial charge < -0.3 is 0 Å². The van der Waals surface area contributed by atoms with E-state index in [4.69, 9.17) is 0 Å². The molecule has 4 rings (SSSR count). The standard InChI is InChI=1S/C20H14F3N3/c1-12-18-14(19(22)23)11-16(13-7-3-2-4-8-13)24-20(18)26(25-12)17-10-6-5-9-15(17)21/h2-11,19H,1H3. The van der Waals surface area contributed by atoms with Crippen LogP contribution < -0.4 is 0 Å². The summed E-state index contributed by atoms with van der Waals surface area (Å²) in [6.07, 6.45) is -2.69. The van der Waals surface area contributed by atoms with E-state index < -0.39 is 12.2 Å². The lowest BCUT2D eigenvalue weighted by atomic mass is 10.1. The molecule has 0 radical (unpaired) electrons. The van der Waals surface area contributed by atoms with Crippen molar-refractivity contribution in [2.45, 2.75) is 13.3 Å². The highest BCUT2D eigenvalue weighted by Gasteiger charge is 2.22. The predicted molar refractivity (Wildman–Crippen MR) is 94.0 cm³/mol. The van der Waals surface area contributed by atoms with E-state index in [0.29, 0.717) is 17.0 Å². The zero-order chi connectivity index (χ0) is 18.3. The van der Waals surface area contributed by atoms with Crippen molar-refractivity contribution < 1.29 is 13.2 Å². The second-order valence-corrected chi connectivity index (χ2v) is 5.91. The maximum absolute atomic E-state index is 14.3. The number of hydrogen-bond donors (Lipinski definition) is 0. The smallest absolute Gasteiger partial charge is 0.228 e. The maximum atomic E-state index is 14.3. The van der Waals surface area contributed by atoms with Gasteiger partial charge in [-0.05, 0) is 25.1 Å². The zero-order valence-corrected chi connectivity index (χ0v) is 13.8. The summed E-state index contributed by atoms with van der Waals surface area (Å²) in [6, 6.07) is 16.5. The molecule has 0 bridgehead atoms. The van der Waals surface area contributed by atoms with Crippen LogP contribution >= 0.6 is 0 Å². The molecule has 0 atom stereocenters. The summed E-state index contributed by atoms with van der Waals surface area (Å²) >= 11 is 0. The van der Waals surface area contributed by atoms with Crippen molar-refractivity contribution in [3.63, 3.8) is 0 Å². The van der Waals surface area contributed by atoms with Gasteiger partial charge in [0.05, 0.1) is 16.8 Å². The number of hydrogen-bond acceptors (Lipinski definition) is 2. The van der Waals surface area contributed by atoms with E-state index in [-0.39, 0.29) is 22.3 Å². The molecule has 0 spiro atoms. The lowest BCUT2D eigenvalue weighted by molar-refractivity contribution is 0.153. The number of nitrogens with zero attached hydrogens (tertiary/aromatic N) is 3. The van der Waals surface area contributed by atoms with Gasteiger partial charge >= 0.3 is 0 Å². The summed E-state index contributed by atoms with van der Waals surface area (Å²) < 4.78 is 43.0. The van der Waals surface area contributed by atoms with Crippen LogP contribution in [0.5, 0.6) is 0 Å². The van der Waals surface area contributed by atoms with Crippen molar-refractivity contribution in [3.05, 3.63) is 77.7 Å². The molecule has 26 heavy (non-hydrogen) atoms. The molecule has 0 aliphatic rings. The van der Waals surface area contributed by atoms with Crippen LogP contribution in [0.15, 0.2) is 60.7 Å². The minimum absolute atomic E-state index is 0.158. The molecule has 4 aromatic rings. The average molecular weight is 353 g/mol. The van der Waals surface area contributed by atoms with Crippen molar-refractivity contribution >= 4 is 11.0 Å². The molecule has 3 nitrogen and oxygen atoms in total. The zero-order valence-electron chi connectivity index (χ0n) is 13.8. The Balaban J connectivity index is 2.07. The summed E-state index contributed by atoms with van der Waals surface area (Å²) in [7, 11) is 0. The first kappa shape index (κ1) is 16.3. The lowest BCUT2D eigenvalue weighted by Crippen LogP contribution is -2.02. The first-order valence-corrected chi connectivity index (χ1v) is 8.05. The third kappa shape index (κ3) is 2.63. The van der Waals surface area contributed by atoms with E-state index in [0.717, 1.165) is 0 Å². The van der Waals surface area contributed by atoms with Crippen LogP contribution in [0.4, 0.5) is 13.2 Å². The van der Waals surface area contributed by atoms with Gasteiger partial charge in [0.15, 0.2) is 5.65 Å². The quantitative estimate of drug-likeness (QED) is 0.489. The highest BCUT2D eigenvalue weighted by molar-refractivity contribution is 5.86. The van der Waals surface area contributed by atoms with E-state index in [1.165, 1.54) is 16.8 Å². The van der Waals surface area contributed by atoms with Crippen LogP contribution in [0.25, 0.3) is 28.0 Å². The Hall–Kier alpha value is -3.15. The van der Waals surface area contributed by atoms with Crippen LogP contribution in [0.2, 0.25) is 0 Å². The number of alkyl halides is 2. The minimum atomic E-state index is -2.69. The molecular weight excluding hydrogens is 339 g/mol. The molecule has 2 heterocycles. The van der Waals surface area contributed by atoms with E-state index >= 15 is 0 Å². The molecule has 6 heteroatoms. The molecule has 0 saturated heterocycles. The third-order valence-corrected chi connectivity index (χ3v) is 4.23. The second-order valence-electron chi connectivity index (χ2n) is 5.91. The molecule has 0 amide bonds. The van der Waals surface area contributed by atoms with Gasteiger partial charge in [-0.3, -0.25) is 0 Å². The van der Waals surface area contributed by atoms with Gasteiger partial charge in [-0.2, -0.15) is 5.10 Å². The van der Waals surface area contributed by atoms with Gasteiger partial charge in [0.1, 0.15) is 11.5 Å². The number of halogens is 3. The predicted octanol–water partition coefficient (Wildman–Crippen LogP) is 5.47. The summed E-state index contributed by atoms with van der Waals surface area (Å²) in [6.45, 7) is 1.62. The molecule has 0 aliphatic heterocycles. The molecule has 0 N–H and O–H groups in total. The summed E-state index contributed by atoms with van der Waals surface area (Å²) in [5.74, 6) is -0.498. The van der Waals surface area contributed by atoms with Gasteiger partial charge in [-0.1, -0.05) is 42.5 Å². The number of benzene rings is 2. The average Bonchev–Trinajstić information content (AvgIpc) is 2.98. The van der Waals surface area contributed by atoms with Crippen molar-refractivity contribution in [2.75, 3.05) is 0 Å². The Morgan fingerprint density at radius 1 is 0.962 bits per heavy atom. The monoisotopic (exact) mass is 353 g/mol. The second kappa shape index (κ2) is 6.29. The topological polar surface area (TPSA) is 30.7 Å². The molecule has 0 unspecified atom stereocenters. The van der Waals surface area contributed by atoms with Gasteiger partial charge in [0.2, 0.25) is 0 Å². The van der Waals surface area contributed by atoms with Gasteiger partial charge in [-0.25, -0.2) is 22.8 Å². The number of aryl methyl sites for hydroxylation is 1. The van der Waals surface area contributed by atoms with E-state index in [9.17, 15) is 13.2 Å². The van der Waals surface area contributed by atoms with Crippen molar-refractivity contribution in [1.29, 1.82) is 0 Å². The third-order valence-electron chi connectivity index (χ3n) is 4.23. The van der Waals surface area contributed by atoms with Crippen molar-refractivity contribution in [1.82, 2.24) is 14.8 Å². The van der Waals surface area contributed by atoms with Crippen LogP contribution in [0, 0.1) is 12.7 Å². The number of para-hydroxylation sites is 1. The lowest BCUT2D eigenvalue weighted by Gasteiger charge is -2.09. The number of aromatic nitrogens is 3. The normalized spacial score (nSPS) is 11.4. The van der Waals surface area contributed by atoms with E-state index in [1.54, 1.807) is 37.3 Å². The highest BCUT2D eigenvalue weighted by atomic mass is 19.3. The molecule has 0 fully saturated rings. The molecular formula is C20H14F3N3. The first-order valence-electron chi connectivity index (χ1n) is 8.05. The van der Waals surface area contributed by atoms with Crippen LogP contribution in [-0.4, -0.2) is 14.8 Å². The fraction of sp³-hybridized carbons (Fsp3) is 0.100. The number of pyridine rings is 1. The van der Waals surface area contributed by atoms with Crippen LogP contribution in [0.3, 0.4) is 0 Å². The van der Waals surface area contributed by atoms with E-state index in [2.05, 4.69) is 10.1 Å². The fourth-order valence-electron chi connectivity index (χ4n) is 3.04. The molecule has 2 aromatic carbocycles. The Morgan fingerprint density at radius 2 is 1.65 bits per heavy atom. The van der Waals surface area contributed by atoms with Crippen LogP contribution in [0.1, 0.15) is 17.7 Å². The Labute approximate surface area is 147 Å². The Morgan fingerprint density at radius 3 is 2.35 bits per heavy atom. The van der Waals surface area contributed by atoms with Gasteiger partial charge in [0, 0.05) is 11.1 Å². The summed E-state index contributed by atoms with van der Waals surface area (Å²) in [4.78, 5) is 4.53. The molecule has 2 aromatic heterocycles. The van der Waals surface area contributed by atoms with Gasteiger partial charge in [0.25, 0.3) is 6.43 Å². The summed E-state index contributed by atoms with van der Waals surface area (Å²) in [5, 5.41) is 4.53. The fourth-order valence-corrected chi connectivity index (χ4v) is 3.04. The van der Waals surface area contributed by atoms with E-state index in [1.807, 2.05) is 18.2 Å². The number of fused-ring (bicyclic) bond motifs is 1. The summed E-state index contributed by atoms with van der Waals surface area (Å²) in [5.41, 5.74) is 1.70. The molecule has 0 saturated carbocycles. The Bertz CT molecular complexity index is 1090. The van der Waals surface area contributed by atoms with Crippen molar-refractivity contribution in [3.8, 4) is 16.9 Å². The maximum Gasteiger partial charge on any atom is 0.264 e. The van der Waals surface area contributed by atoms with Crippen molar-refractivity contribution in [2.24, 2.45) is 0 Å². The first-order chi connectivity index (χ1) is 12.6. The SMILES string of the molecule is Cc1nn(-c2ccccc2F)c2nc(-c3ccccc3)cc(C(F)F)c12.